The molecule has 17 heavy (non-hydrogen) atoms. The molecule has 1 fully saturated rings. The minimum Gasteiger partial charge on any atom is -0.390 e. The normalized spacial score (nSPS) is 25.2. The first-order valence-corrected chi connectivity index (χ1v) is 6.86. The number of aliphatic hydroxyl groups excluding tert-OH is 3. The molecule has 3 unspecified atom stereocenters. The lowest BCUT2D eigenvalue weighted by atomic mass is 9.81. The minimum absolute atomic E-state index is 0.0657. The Morgan fingerprint density at radius 3 is 2.18 bits per heavy atom. The van der Waals surface area contributed by atoms with Gasteiger partial charge in [0.15, 0.2) is 0 Å². The summed E-state index contributed by atoms with van der Waals surface area (Å²) in [5.74, 6) is 0.462. The van der Waals surface area contributed by atoms with E-state index in [1.807, 2.05) is 0 Å². The monoisotopic (exact) mass is 245 g/mol. The first-order chi connectivity index (χ1) is 8.06. The summed E-state index contributed by atoms with van der Waals surface area (Å²) < 4.78 is 0. The zero-order valence-electron chi connectivity index (χ0n) is 10.8. The van der Waals surface area contributed by atoms with Gasteiger partial charge in [-0.15, -0.1) is 0 Å². The Labute approximate surface area is 104 Å². The van der Waals surface area contributed by atoms with Gasteiger partial charge in [-0.1, -0.05) is 26.2 Å². The molecule has 4 heteroatoms. The third-order valence-corrected chi connectivity index (χ3v) is 3.98. The fourth-order valence-corrected chi connectivity index (χ4v) is 2.67. The van der Waals surface area contributed by atoms with Crippen molar-refractivity contribution < 1.29 is 15.3 Å². The van der Waals surface area contributed by atoms with Crippen LogP contribution in [0.3, 0.4) is 0 Å². The first-order valence-electron chi connectivity index (χ1n) is 6.86. The lowest BCUT2D eigenvalue weighted by Gasteiger charge is -2.31. The topological polar surface area (TPSA) is 86.7 Å². The highest BCUT2D eigenvalue weighted by atomic mass is 16.4. The summed E-state index contributed by atoms with van der Waals surface area (Å²) in [6.07, 6.45) is 3.94. The first kappa shape index (κ1) is 14.9. The Balaban J connectivity index is 2.35. The number of nitrogens with two attached hydrogens (primary N) is 1. The van der Waals surface area contributed by atoms with Gasteiger partial charge in [0.1, 0.15) is 6.10 Å². The maximum Gasteiger partial charge on any atom is 0.106 e. The largest absolute Gasteiger partial charge is 0.390 e. The van der Waals surface area contributed by atoms with Gasteiger partial charge in [0.2, 0.25) is 0 Å². The molecule has 102 valence electrons. The summed E-state index contributed by atoms with van der Waals surface area (Å²) >= 11 is 0. The molecule has 1 aliphatic rings. The average molecular weight is 245 g/mol. The quantitative estimate of drug-likeness (QED) is 0.557. The minimum atomic E-state index is -1.07. The number of aliphatic hydroxyl groups is 3. The standard InChI is InChI=1S/C13H27NO3/c1-2-11(15)13(17)12(16)8-10(14)9-6-4-3-5-7-9/h9-13,15-17H,2-8,14H2,1H3/t10-,11?,12?,13?/m0/s1. The van der Waals surface area contributed by atoms with E-state index in [0.29, 0.717) is 18.8 Å². The lowest BCUT2D eigenvalue weighted by Crippen LogP contribution is -2.43. The Hall–Kier alpha value is -0.160. The van der Waals surface area contributed by atoms with E-state index in [9.17, 15) is 15.3 Å². The molecular formula is C13H27NO3. The van der Waals surface area contributed by atoms with Crippen molar-refractivity contribution in [3.63, 3.8) is 0 Å². The van der Waals surface area contributed by atoms with E-state index in [1.165, 1.54) is 19.3 Å². The highest BCUT2D eigenvalue weighted by Crippen LogP contribution is 2.27. The van der Waals surface area contributed by atoms with E-state index in [2.05, 4.69) is 0 Å². The summed E-state index contributed by atoms with van der Waals surface area (Å²) in [5.41, 5.74) is 6.08. The van der Waals surface area contributed by atoms with Crippen LogP contribution in [0, 0.1) is 5.92 Å². The molecule has 5 N–H and O–H groups in total. The molecule has 0 aromatic rings. The molecule has 0 aromatic carbocycles. The molecular weight excluding hydrogens is 218 g/mol. The lowest BCUT2D eigenvalue weighted by molar-refractivity contribution is -0.0662. The maximum absolute atomic E-state index is 9.83. The van der Waals surface area contributed by atoms with Gasteiger partial charge >= 0.3 is 0 Å². The van der Waals surface area contributed by atoms with E-state index >= 15 is 0 Å². The predicted octanol–water partition coefficient (Wildman–Crippen LogP) is 0.777. The van der Waals surface area contributed by atoms with Crippen molar-refractivity contribution in [1.29, 1.82) is 0 Å². The van der Waals surface area contributed by atoms with Gasteiger partial charge in [-0.2, -0.15) is 0 Å². The number of hydrogen-bond acceptors (Lipinski definition) is 4. The van der Waals surface area contributed by atoms with Crippen LogP contribution in [0.4, 0.5) is 0 Å². The molecule has 0 radical (unpaired) electrons. The van der Waals surface area contributed by atoms with Crippen LogP contribution < -0.4 is 5.73 Å². The van der Waals surface area contributed by atoms with Crippen LogP contribution in [0.1, 0.15) is 51.9 Å². The molecule has 0 saturated heterocycles. The van der Waals surface area contributed by atoms with Crippen LogP contribution in [-0.2, 0) is 0 Å². The summed E-state index contributed by atoms with van der Waals surface area (Å²) in [6.45, 7) is 1.78. The van der Waals surface area contributed by atoms with Crippen molar-refractivity contribution in [2.45, 2.75) is 76.2 Å². The molecule has 0 aromatic heterocycles. The zero-order valence-corrected chi connectivity index (χ0v) is 10.8. The van der Waals surface area contributed by atoms with E-state index in [-0.39, 0.29) is 6.04 Å². The molecule has 0 heterocycles. The Morgan fingerprint density at radius 1 is 1.06 bits per heavy atom. The van der Waals surface area contributed by atoms with Crippen molar-refractivity contribution >= 4 is 0 Å². The molecule has 4 atom stereocenters. The smallest absolute Gasteiger partial charge is 0.106 e. The third kappa shape index (κ3) is 4.54. The van der Waals surface area contributed by atoms with Crippen molar-refractivity contribution in [3.05, 3.63) is 0 Å². The van der Waals surface area contributed by atoms with Crippen LogP contribution >= 0.6 is 0 Å². The zero-order chi connectivity index (χ0) is 12.8. The van der Waals surface area contributed by atoms with Crippen LogP contribution in [0.25, 0.3) is 0 Å². The maximum atomic E-state index is 9.83. The summed E-state index contributed by atoms with van der Waals surface area (Å²) in [4.78, 5) is 0. The average Bonchev–Trinajstić information content (AvgIpc) is 2.37. The van der Waals surface area contributed by atoms with Crippen LogP contribution in [0.15, 0.2) is 0 Å². The van der Waals surface area contributed by atoms with Crippen LogP contribution in [0.5, 0.6) is 0 Å². The fraction of sp³-hybridized carbons (Fsp3) is 1.00. The molecule has 1 saturated carbocycles. The highest BCUT2D eigenvalue weighted by molar-refractivity contribution is 4.83. The number of hydrogen-bond donors (Lipinski definition) is 4. The van der Waals surface area contributed by atoms with Gasteiger partial charge in [-0.05, 0) is 31.6 Å². The SMILES string of the molecule is CCC(O)C(O)C(O)C[C@H](N)C1CCCCC1. The van der Waals surface area contributed by atoms with Gasteiger partial charge in [-0.3, -0.25) is 0 Å². The molecule has 0 spiro atoms. The molecule has 0 bridgehead atoms. The number of rotatable bonds is 6. The second-order valence-electron chi connectivity index (χ2n) is 5.33. The second kappa shape index (κ2) is 7.31. The van der Waals surface area contributed by atoms with Crippen molar-refractivity contribution in [3.8, 4) is 0 Å². The van der Waals surface area contributed by atoms with Gasteiger partial charge < -0.3 is 21.1 Å². The third-order valence-electron chi connectivity index (χ3n) is 3.98. The molecule has 0 amide bonds. The van der Waals surface area contributed by atoms with Crippen molar-refractivity contribution in [2.75, 3.05) is 0 Å². The van der Waals surface area contributed by atoms with Gasteiger partial charge in [0.05, 0.1) is 12.2 Å². The van der Waals surface area contributed by atoms with Crippen molar-refractivity contribution in [1.82, 2.24) is 0 Å². The van der Waals surface area contributed by atoms with Gasteiger partial charge in [0, 0.05) is 6.04 Å². The molecule has 1 rings (SSSR count). The Kier molecular flexibility index (Phi) is 6.41. The van der Waals surface area contributed by atoms with Gasteiger partial charge in [0.25, 0.3) is 0 Å². The molecule has 1 aliphatic carbocycles. The second-order valence-corrected chi connectivity index (χ2v) is 5.33. The van der Waals surface area contributed by atoms with Crippen molar-refractivity contribution in [2.24, 2.45) is 11.7 Å². The summed E-state index contributed by atoms with van der Waals surface area (Å²) in [6, 6.07) is -0.0657. The van der Waals surface area contributed by atoms with Crippen LogP contribution in [0.2, 0.25) is 0 Å². The Morgan fingerprint density at radius 2 is 1.65 bits per heavy atom. The highest BCUT2D eigenvalue weighted by Gasteiger charge is 2.28. The van der Waals surface area contributed by atoms with E-state index in [4.69, 9.17) is 5.73 Å². The van der Waals surface area contributed by atoms with Crippen LogP contribution in [-0.4, -0.2) is 39.7 Å². The van der Waals surface area contributed by atoms with E-state index < -0.39 is 18.3 Å². The molecule has 4 nitrogen and oxygen atoms in total. The predicted molar refractivity (Wildman–Crippen MR) is 67.5 cm³/mol. The van der Waals surface area contributed by atoms with E-state index in [0.717, 1.165) is 12.8 Å². The Bertz CT molecular complexity index is 201. The molecule has 0 aliphatic heterocycles. The van der Waals surface area contributed by atoms with Gasteiger partial charge in [-0.25, -0.2) is 0 Å². The van der Waals surface area contributed by atoms with E-state index in [1.54, 1.807) is 6.92 Å². The summed E-state index contributed by atoms with van der Waals surface area (Å²) in [7, 11) is 0. The fourth-order valence-electron chi connectivity index (χ4n) is 2.67. The summed E-state index contributed by atoms with van der Waals surface area (Å²) in [5, 5.41) is 29.0.